The van der Waals surface area contributed by atoms with Crippen molar-refractivity contribution in [3.8, 4) is 11.4 Å². The van der Waals surface area contributed by atoms with Gasteiger partial charge in [-0.1, -0.05) is 41.6 Å². The zero-order valence-corrected chi connectivity index (χ0v) is 14.9. The lowest BCUT2D eigenvalue weighted by Gasteiger charge is -2.04. The van der Waals surface area contributed by atoms with Crippen molar-refractivity contribution in [3.05, 3.63) is 51.2 Å². The first-order valence-electron chi connectivity index (χ1n) is 7.19. The summed E-state index contributed by atoms with van der Waals surface area (Å²) in [4.78, 5) is 1.34. The highest BCUT2D eigenvalue weighted by Gasteiger charge is 2.15. The minimum Gasteiger partial charge on any atom is -0.305 e. The lowest BCUT2D eigenvalue weighted by Crippen LogP contribution is -1.95. The number of thiophene rings is 1. The van der Waals surface area contributed by atoms with E-state index in [0.29, 0.717) is 0 Å². The number of aromatic nitrogens is 3. The summed E-state index contributed by atoms with van der Waals surface area (Å²) in [5.74, 6) is 1.86. The van der Waals surface area contributed by atoms with Crippen LogP contribution in [0.25, 0.3) is 11.4 Å². The van der Waals surface area contributed by atoms with Crippen molar-refractivity contribution in [1.82, 2.24) is 14.8 Å². The molecule has 0 spiro atoms. The molecule has 3 rings (SSSR count). The molecule has 22 heavy (non-hydrogen) atoms. The summed E-state index contributed by atoms with van der Waals surface area (Å²) in [6, 6.07) is 8.64. The summed E-state index contributed by atoms with van der Waals surface area (Å²) < 4.78 is 2.09. The standard InChI is InChI=1S/C17H19N3S2/c1-11-5-7-14(8-6-11)9-22-17-19-18-16(20(17)4)15-10-21-13(3)12(15)2/h5-8,10H,9H2,1-4H3. The largest absolute Gasteiger partial charge is 0.305 e. The summed E-state index contributed by atoms with van der Waals surface area (Å²) in [5, 5.41) is 11.9. The molecule has 0 radical (unpaired) electrons. The van der Waals surface area contributed by atoms with Crippen LogP contribution in [-0.2, 0) is 12.8 Å². The van der Waals surface area contributed by atoms with Gasteiger partial charge < -0.3 is 4.57 Å². The second kappa shape index (κ2) is 6.26. The minimum atomic E-state index is 0.911. The summed E-state index contributed by atoms with van der Waals surface area (Å²) in [7, 11) is 2.04. The van der Waals surface area contributed by atoms with E-state index in [-0.39, 0.29) is 0 Å². The van der Waals surface area contributed by atoms with Gasteiger partial charge in [-0.25, -0.2) is 0 Å². The van der Waals surface area contributed by atoms with Gasteiger partial charge in [0.15, 0.2) is 11.0 Å². The van der Waals surface area contributed by atoms with E-state index in [9.17, 15) is 0 Å². The van der Waals surface area contributed by atoms with Crippen LogP contribution in [0.5, 0.6) is 0 Å². The summed E-state index contributed by atoms with van der Waals surface area (Å²) >= 11 is 3.49. The number of hydrogen-bond acceptors (Lipinski definition) is 4. The summed E-state index contributed by atoms with van der Waals surface area (Å²) in [5.41, 5.74) is 5.09. The number of nitrogens with zero attached hydrogens (tertiary/aromatic N) is 3. The predicted octanol–water partition coefficient (Wildman–Crippen LogP) is 4.76. The second-order valence-electron chi connectivity index (χ2n) is 5.47. The van der Waals surface area contributed by atoms with Crippen LogP contribution >= 0.6 is 23.1 Å². The third-order valence-corrected chi connectivity index (χ3v) is 5.95. The molecule has 5 heteroatoms. The van der Waals surface area contributed by atoms with Gasteiger partial charge >= 0.3 is 0 Å². The number of thioether (sulfide) groups is 1. The van der Waals surface area contributed by atoms with E-state index < -0.39 is 0 Å². The average Bonchev–Trinajstić information content (AvgIpc) is 3.03. The van der Waals surface area contributed by atoms with Crippen LogP contribution in [0.1, 0.15) is 21.6 Å². The monoisotopic (exact) mass is 329 g/mol. The lowest BCUT2D eigenvalue weighted by molar-refractivity contribution is 0.793. The molecule has 1 aromatic carbocycles. The van der Waals surface area contributed by atoms with E-state index >= 15 is 0 Å². The predicted molar refractivity (Wildman–Crippen MR) is 94.5 cm³/mol. The molecule has 0 saturated carbocycles. The van der Waals surface area contributed by atoms with Crippen LogP contribution in [0.4, 0.5) is 0 Å². The van der Waals surface area contributed by atoms with E-state index in [0.717, 1.165) is 16.7 Å². The maximum atomic E-state index is 4.39. The van der Waals surface area contributed by atoms with Crippen LogP contribution in [0.3, 0.4) is 0 Å². The third-order valence-electron chi connectivity index (χ3n) is 3.85. The molecular weight excluding hydrogens is 310 g/mol. The van der Waals surface area contributed by atoms with Crippen molar-refractivity contribution >= 4 is 23.1 Å². The molecule has 0 atom stereocenters. The fourth-order valence-electron chi connectivity index (χ4n) is 2.24. The maximum Gasteiger partial charge on any atom is 0.191 e. The number of benzene rings is 1. The van der Waals surface area contributed by atoms with Crippen molar-refractivity contribution in [1.29, 1.82) is 0 Å². The van der Waals surface area contributed by atoms with E-state index in [2.05, 4.69) is 65.2 Å². The maximum absolute atomic E-state index is 4.39. The number of rotatable bonds is 4. The van der Waals surface area contributed by atoms with Gasteiger partial charge in [-0.2, -0.15) is 0 Å². The van der Waals surface area contributed by atoms with Crippen molar-refractivity contribution < 1.29 is 0 Å². The Bertz CT molecular complexity index is 785. The normalized spacial score (nSPS) is 11.1. The van der Waals surface area contributed by atoms with Crippen molar-refractivity contribution in [2.45, 2.75) is 31.7 Å². The Kier molecular flexibility index (Phi) is 4.36. The van der Waals surface area contributed by atoms with Crippen LogP contribution in [0.2, 0.25) is 0 Å². The molecule has 0 N–H and O–H groups in total. The Balaban J connectivity index is 1.79. The number of hydrogen-bond donors (Lipinski definition) is 0. The molecule has 0 amide bonds. The first-order chi connectivity index (χ1) is 10.6. The summed E-state index contributed by atoms with van der Waals surface area (Å²) in [6.07, 6.45) is 0. The zero-order chi connectivity index (χ0) is 15.7. The Morgan fingerprint density at radius 1 is 1.09 bits per heavy atom. The number of aryl methyl sites for hydroxylation is 2. The first-order valence-corrected chi connectivity index (χ1v) is 9.05. The van der Waals surface area contributed by atoms with Gasteiger partial charge in [0, 0.05) is 28.6 Å². The molecule has 0 aliphatic carbocycles. The lowest BCUT2D eigenvalue weighted by atomic mass is 10.2. The SMILES string of the molecule is Cc1ccc(CSc2nnc(-c3csc(C)c3C)n2C)cc1. The van der Waals surface area contributed by atoms with Crippen LogP contribution in [0.15, 0.2) is 34.8 Å². The molecule has 0 saturated heterocycles. The molecule has 0 aliphatic rings. The Labute approximate surface area is 139 Å². The van der Waals surface area contributed by atoms with Crippen LogP contribution in [0, 0.1) is 20.8 Å². The highest BCUT2D eigenvalue weighted by atomic mass is 32.2. The quantitative estimate of drug-likeness (QED) is 0.647. The average molecular weight is 329 g/mol. The molecule has 0 unspecified atom stereocenters. The summed E-state index contributed by atoms with van der Waals surface area (Å²) in [6.45, 7) is 6.40. The van der Waals surface area contributed by atoms with Gasteiger partial charge in [-0.05, 0) is 31.9 Å². The molecule has 3 nitrogen and oxygen atoms in total. The second-order valence-corrected chi connectivity index (χ2v) is 7.50. The van der Waals surface area contributed by atoms with Crippen molar-refractivity contribution in [2.24, 2.45) is 7.05 Å². The Morgan fingerprint density at radius 3 is 2.45 bits per heavy atom. The molecular formula is C17H19N3S2. The van der Waals surface area contributed by atoms with E-state index in [1.165, 1.54) is 27.1 Å². The van der Waals surface area contributed by atoms with Gasteiger partial charge in [-0.15, -0.1) is 21.5 Å². The molecule has 3 aromatic rings. The van der Waals surface area contributed by atoms with Crippen LogP contribution < -0.4 is 0 Å². The van der Waals surface area contributed by atoms with E-state index in [1.807, 2.05) is 7.05 Å². The van der Waals surface area contributed by atoms with Gasteiger partial charge in [0.1, 0.15) is 0 Å². The van der Waals surface area contributed by atoms with E-state index in [1.54, 1.807) is 23.1 Å². The highest BCUT2D eigenvalue weighted by Crippen LogP contribution is 2.31. The Morgan fingerprint density at radius 2 is 1.82 bits per heavy atom. The van der Waals surface area contributed by atoms with Gasteiger partial charge in [0.2, 0.25) is 0 Å². The zero-order valence-electron chi connectivity index (χ0n) is 13.3. The van der Waals surface area contributed by atoms with Crippen LogP contribution in [-0.4, -0.2) is 14.8 Å². The molecule has 114 valence electrons. The van der Waals surface area contributed by atoms with Gasteiger partial charge in [0.25, 0.3) is 0 Å². The van der Waals surface area contributed by atoms with Gasteiger partial charge in [-0.3, -0.25) is 0 Å². The molecule has 0 bridgehead atoms. The highest BCUT2D eigenvalue weighted by molar-refractivity contribution is 7.98. The third kappa shape index (κ3) is 2.96. The smallest absolute Gasteiger partial charge is 0.191 e. The van der Waals surface area contributed by atoms with Gasteiger partial charge in [0.05, 0.1) is 0 Å². The fourth-order valence-corrected chi connectivity index (χ4v) is 3.97. The molecule has 0 fully saturated rings. The molecule has 2 heterocycles. The molecule has 2 aromatic heterocycles. The fraction of sp³-hybridized carbons (Fsp3) is 0.294. The topological polar surface area (TPSA) is 30.7 Å². The molecule has 0 aliphatic heterocycles. The Hall–Kier alpha value is -1.59. The van der Waals surface area contributed by atoms with Crippen molar-refractivity contribution in [3.63, 3.8) is 0 Å². The first kappa shape index (κ1) is 15.3. The minimum absolute atomic E-state index is 0.911. The van der Waals surface area contributed by atoms with Crippen molar-refractivity contribution in [2.75, 3.05) is 0 Å². The van der Waals surface area contributed by atoms with E-state index in [4.69, 9.17) is 0 Å².